The van der Waals surface area contributed by atoms with Crippen LogP contribution in [0.4, 0.5) is 0 Å². The standard InChI is InChI=1S/C11H22N4O/c1-4-6-15-11(13-9-14-15)8-12-10(2)5-7-16-3/h9-10,12H,4-8H2,1-3H3. The SMILES string of the molecule is CCCn1ncnc1CNC(C)CCOC. The number of ether oxygens (including phenoxy) is 1. The third-order valence-corrected chi connectivity index (χ3v) is 2.49. The Kier molecular flexibility index (Phi) is 6.03. The van der Waals surface area contributed by atoms with Crippen molar-refractivity contribution in [3.8, 4) is 0 Å². The van der Waals surface area contributed by atoms with Crippen molar-refractivity contribution in [1.29, 1.82) is 0 Å². The number of hydrogen-bond acceptors (Lipinski definition) is 4. The number of aromatic nitrogens is 3. The van der Waals surface area contributed by atoms with Gasteiger partial charge in [-0.05, 0) is 19.8 Å². The molecule has 0 bridgehead atoms. The minimum atomic E-state index is 0.437. The molecule has 0 spiro atoms. The Morgan fingerprint density at radius 1 is 1.56 bits per heavy atom. The molecule has 0 fully saturated rings. The molecule has 5 heteroatoms. The van der Waals surface area contributed by atoms with Crippen LogP contribution in [-0.4, -0.2) is 34.5 Å². The maximum absolute atomic E-state index is 5.04. The van der Waals surface area contributed by atoms with Crippen LogP contribution in [0, 0.1) is 0 Å². The van der Waals surface area contributed by atoms with E-state index in [1.165, 1.54) is 0 Å². The molecule has 0 aliphatic heterocycles. The van der Waals surface area contributed by atoms with E-state index in [1.807, 2.05) is 4.68 Å². The Balaban J connectivity index is 2.32. The van der Waals surface area contributed by atoms with Crippen LogP contribution in [0.2, 0.25) is 0 Å². The highest BCUT2D eigenvalue weighted by Gasteiger charge is 2.05. The van der Waals surface area contributed by atoms with Crippen molar-refractivity contribution in [2.75, 3.05) is 13.7 Å². The second-order valence-electron chi connectivity index (χ2n) is 3.96. The topological polar surface area (TPSA) is 52.0 Å². The van der Waals surface area contributed by atoms with Crippen molar-refractivity contribution in [2.24, 2.45) is 0 Å². The van der Waals surface area contributed by atoms with Gasteiger partial charge in [0.05, 0.1) is 6.54 Å². The predicted octanol–water partition coefficient (Wildman–Crippen LogP) is 1.20. The lowest BCUT2D eigenvalue weighted by Crippen LogP contribution is -2.28. The molecular formula is C11H22N4O. The van der Waals surface area contributed by atoms with Crippen LogP contribution in [0.5, 0.6) is 0 Å². The van der Waals surface area contributed by atoms with Gasteiger partial charge in [-0.25, -0.2) is 9.67 Å². The fourth-order valence-electron chi connectivity index (χ4n) is 1.49. The molecule has 0 amide bonds. The lowest BCUT2D eigenvalue weighted by molar-refractivity contribution is 0.184. The normalized spacial score (nSPS) is 12.9. The van der Waals surface area contributed by atoms with E-state index in [0.717, 1.165) is 38.4 Å². The average molecular weight is 226 g/mol. The fraction of sp³-hybridized carbons (Fsp3) is 0.818. The summed E-state index contributed by atoms with van der Waals surface area (Å²) in [7, 11) is 1.73. The molecule has 1 rings (SSSR count). The highest BCUT2D eigenvalue weighted by Crippen LogP contribution is 1.98. The van der Waals surface area contributed by atoms with Gasteiger partial charge >= 0.3 is 0 Å². The van der Waals surface area contributed by atoms with Gasteiger partial charge in [-0.2, -0.15) is 5.10 Å². The number of nitrogens with one attached hydrogen (secondary N) is 1. The average Bonchev–Trinajstić information content (AvgIpc) is 2.72. The van der Waals surface area contributed by atoms with Crippen molar-refractivity contribution in [3.63, 3.8) is 0 Å². The van der Waals surface area contributed by atoms with E-state index in [2.05, 4.69) is 29.2 Å². The molecule has 1 aromatic rings. The largest absolute Gasteiger partial charge is 0.385 e. The molecule has 1 atom stereocenters. The quantitative estimate of drug-likeness (QED) is 0.723. The van der Waals surface area contributed by atoms with Crippen molar-refractivity contribution >= 4 is 0 Å². The summed E-state index contributed by atoms with van der Waals surface area (Å²) in [6.45, 7) is 6.78. The van der Waals surface area contributed by atoms with Crippen LogP contribution in [0.25, 0.3) is 0 Å². The van der Waals surface area contributed by atoms with Gasteiger partial charge in [-0.15, -0.1) is 0 Å². The van der Waals surface area contributed by atoms with Crippen molar-refractivity contribution < 1.29 is 4.74 Å². The number of methoxy groups -OCH3 is 1. The summed E-state index contributed by atoms with van der Waals surface area (Å²) in [4.78, 5) is 4.25. The highest BCUT2D eigenvalue weighted by molar-refractivity contribution is 4.84. The van der Waals surface area contributed by atoms with E-state index in [1.54, 1.807) is 13.4 Å². The number of hydrogen-bond donors (Lipinski definition) is 1. The van der Waals surface area contributed by atoms with E-state index in [0.29, 0.717) is 6.04 Å². The van der Waals surface area contributed by atoms with E-state index in [4.69, 9.17) is 4.74 Å². The molecule has 0 radical (unpaired) electrons. The first-order valence-corrected chi connectivity index (χ1v) is 5.87. The van der Waals surface area contributed by atoms with Gasteiger partial charge in [-0.1, -0.05) is 6.92 Å². The van der Waals surface area contributed by atoms with Crippen LogP contribution >= 0.6 is 0 Å². The van der Waals surface area contributed by atoms with Gasteiger partial charge in [0.15, 0.2) is 0 Å². The summed E-state index contributed by atoms with van der Waals surface area (Å²) < 4.78 is 6.99. The smallest absolute Gasteiger partial charge is 0.140 e. The third kappa shape index (κ3) is 4.28. The van der Waals surface area contributed by atoms with Gasteiger partial charge in [0.1, 0.15) is 12.2 Å². The molecule has 0 aliphatic rings. The Bertz CT molecular complexity index is 287. The molecule has 5 nitrogen and oxygen atoms in total. The maximum Gasteiger partial charge on any atom is 0.140 e. The molecule has 16 heavy (non-hydrogen) atoms. The lowest BCUT2D eigenvalue weighted by Gasteiger charge is -2.13. The van der Waals surface area contributed by atoms with Crippen molar-refractivity contribution in [2.45, 2.75) is 45.8 Å². The van der Waals surface area contributed by atoms with E-state index >= 15 is 0 Å². The fourth-order valence-corrected chi connectivity index (χ4v) is 1.49. The third-order valence-electron chi connectivity index (χ3n) is 2.49. The molecule has 1 N–H and O–H groups in total. The number of aryl methyl sites for hydroxylation is 1. The van der Waals surface area contributed by atoms with Crippen LogP contribution < -0.4 is 5.32 Å². The zero-order chi connectivity index (χ0) is 11.8. The number of rotatable bonds is 8. The Labute approximate surface area is 97.2 Å². The van der Waals surface area contributed by atoms with Gasteiger partial charge < -0.3 is 10.1 Å². The summed E-state index contributed by atoms with van der Waals surface area (Å²) in [5, 5.41) is 7.60. The predicted molar refractivity (Wildman–Crippen MR) is 63.1 cm³/mol. The van der Waals surface area contributed by atoms with E-state index in [9.17, 15) is 0 Å². The molecule has 1 heterocycles. The van der Waals surface area contributed by atoms with Gasteiger partial charge in [0.25, 0.3) is 0 Å². The first kappa shape index (κ1) is 13.1. The van der Waals surface area contributed by atoms with E-state index in [-0.39, 0.29) is 0 Å². The van der Waals surface area contributed by atoms with Crippen molar-refractivity contribution in [1.82, 2.24) is 20.1 Å². The Morgan fingerprint density at radius 3 is 3.06 bits per heavy atom. The summed E-state index contributed by atoms with van der Waals surface area (Å²) in [5.41, 5.74) is 0. The highest BCUT2D eigenvalue weighted by atomic mass is 16.5. The van der Waals surface area contributed by atoms with Crippen LogP contribution in [0.15, 0.2) is 6.33 Å². The molecule has 0 saturated heterocycles. The summed E-state index contributed by atoms with van der Waals surface area (Å²) in [6.07, 6.45) is 3.71. The van der Waals surface area contributed by atoms with Gasteiger partial charge in [0.2, 0.25) is 0 Å². The molecule has 1 aromatic heterocycles. The molecule has 0 saturated carbocycles. The second-order valence-corrected chi connectivity index (χ2v) is 3.96. The first-order chi connectivity index (χ1) is 7.77. The van der Waals surface area contributed by atoms with Gasteiger partial charge in [-0.3, -0.25) is 0 Å². The van der Waals surface area contributed by atoms with Crippen LogP contribution in [0.1, 0.15) is 32.5 Å². The first-order valence-electron chi connectivity index (χ1n) is 5.87. The van der Waals surface area contributed by atoms with Crippen molar-refractivity contribution in [3.05, 3.63) is 12.2 Å². The molecule has 92 valence electrons. The van der Waals surface area contributed by atoms with E-state index < -0.39 is 0 Å². The minimum Gasteiger partial charge on any atom is -0.385 e. The monoisotopic (exact) mass is 226 g/mol. The minimum absolute atomic E-state index is 0.437. The zero-order valence-electron chi connectivity index (χ0n) is 10.4. The number of nitrogens with zero attached hydrogens (tertiary/aromatic N) is 3. The van der Waals surface area contributed by atoms with Crippen LogP contribution in [-0.2, 0) is 17.8 Å². The lowest BCUT2D eigenvalue weighted by atomic mass is 10.2. The molecule has 1 unspecified atom stereocenters. The summed E-state index contributed by atoms with van der Waals surface area (Å²) in [5.74, 6) is 1.01. The Morgan fingerprint density at radius 2 is 2.38 bits per heavy atom. The van der Waals surface area contributed by atoms with Gasteiger partial charge in [0, 0.05) is 26.3 Å². The summed E-state index contributed by atoms with van der Waals surface area (Å²) >= 11 is 0. The second kappa shape index (κ2) is 7.35. The molecule has 0 aromatic carbocycles. The van der Waals surface area contributed by atoms with Crippen LogP contribution in [0.3, 0.4) is 0 Å². The Hall–Kier alpha value is -0.940. The molecular weight excluding hydrogens is 204 g/mol. The summed E-state index contributed by atoms with van der Waals surface area (Å²) in [6, 6.07) is 0.437. The zero-order valence-corrected chi connectivity index (χ0v) is 10.4. The molecule has 0 aliphatic carbocycles. The maximum atomic E-state index is 5.04.